The maximum Gasteiger partial charge on any atom is 0.251 e. The highest BCUT2D eigenvalue weighted by atomic mass is 19.1. The van der Waals surface area contributed by atoms with Gasteiger partial charge in [-0.3, -0.25) is 4.79 Å². The Kier molecular flexibility index (Phi) is 5.24. The Morgan fingerprint density at radius 3 is 2.69 bits per heavy atom. The van der Waals surface area contributed by atoms with E-state index in [2.05, 4.69) is 25.9 Å². The van der Waals surface area contributed by atoms with Crippen LogP contribution in [-0.4, -0.2) is 39.6 Å². The molecule has 1 amide bonds. The number of rotatable bonds is 6. The summed E-state index contributed by atoms with van der Waals surface area (Å²) in [7, 11) is 0. The summed E-state index contributed by atoms with van der Waals surface area (Å²) in [5.41, 5.74) is 2.13. The molecule has 7 nitrogen and oxygen atoms in total. The number of nitrogens with zero attached hydrogens (tertiary/aromatic N) is 3. The molecule has 5 rings (SSSR count). The number of amides is 1. The van der Waals surface area contributed by atoms with Crippen LogP contribution < -0.4 is 16.0 Å². The van der Waals surface area contributed by atoms with E-state index in [0.29, 0.717) is 17.2 Å². The van der Waals surface area contributed by atoms with Crippen molar-refractivity contribution in [1.29, 1.82) is 0 Å². The van der Waals surface area contributed by atoms with Crippen molar-refractivity contribution < 1.29 is 13.6 Å². The molecular formula is C23H20F2N6O. The molecule has 2 aromatic carbocycles. The van der Waals surface area contributed by atoms with Gasteiger partial charge in [0.1, 0.15) is 17.3 Å². The van der Waals surface area contributed by atoms with E-state index in [9.17, 15) is 13.6 Å². The summed E-state index contributed by atoms with van der Waals surface area (Å²) in [6.45, 7) is 1.72. The lowest BCUT2D eigenvalue weighted by atomic mass is 10.1. The lowest BCUT2D eigenvalue weighted by Gasteiger charge is -2.27. The van der Waals surface area contributed by atoms with Gasteiger partial charge in [0.05, 0.1) is 12.6 Å². The van der Waals surface area contributed by atoms with E-state index in [0.717, 1.165) is 36.3 Å². The Bertz CT molecular complexity index is 1280. The number of hydrogen-bond donors (Lipinski definition) is 3. The SMILES string of the molecule is O=C(NC1CNC1)c1ccc(Nc2ncc3ccn(Cc4cc(F)ccc4F)c3n2)cc1. The van der Waals surface area contributed by atoms with Gasteiger partial charge < -0.3 is 20.5 Å². The topological polar surface area (TPSA) is 83.9 Å². The van der Waals surface area contributed by atoms with Crippen LogP contribution >= 0.6 is 0 Å². The first kappa shape index (κ1) is 20.1. The van der Waals surface area contributed by atoms with Crippen LogP contribution in [0.5, 0.6) is 0 Å². The Morgan fingerprint density at radius 1 is 1.12 bits per heavy atom. The molecule has 0 unspecified atom stereocenters. The van der Waals surface area contributed by atoms with Crippen molar-refractivity contribution in [3.63, 3.8) is 0 Å². The predicted octanol–water partition coefficient (Wildman–Crippen LogP) is 3.20. The summed E-state index contributed by atoms with van der Waals surface area (Å²) in [4.78, 5) is 21.1. The standard InChI is InChI=1S/C23H20F2N6O/c24-17-3-6-20(25)16(9-17)13-31-8-7-15-10-27-23(30-21(15)31)29-18-4-1-14(2-5-18)22(32)28-19-11-26-12-19/h1-10,19,26H,11-13H2,(H,28,32)(H,27,29,30). The van der Waals surface area contributed by atoms with Crippen LogP contribution in [0, 0.1) is 11.6 Å². The fourth-order valence-electron chi connectivity index (χ4n) is 3.50. The smallest absolute Gasteiger partial charge is 0.251 e. The van der Waals surface area contributed by atoms with Crippen molar-refractivity contribution in [3.8, 4) is 0 Å². The predicted molar refractivity (Wildman–Crippen MR) is 117 cm³/mol. The number of aromatic nitrogens is 3. The fraction of sp³-hybridized carbons (Fsp3) is 0.174. The Hall–Kier alpha value is -3.85. The maximum atomic E-state index is 14.1. The van der Waals surface area contributed by atoms with Gasteiger partial charge in [0.15, 0.2) is 0 Å². The molecule has 3 N–H and O–H groups in total. The van der Waals surface area contributed by atoms with Crippen molar-refractivity contribution in [2.24, 2.45) is 0 Å². The Labute approximate surface area is 182 Å². The largest absolute Gasteiger partial charge is 0.347 e. The fourth-order valence-corrected chi connectivity index (χ4v) is 3.50. The first-order valence-electron chi connectivity index (χ1n) is 10.2. The number of carbonyl (C=O) groups is 1. The summed E-state index contributed by atoms with van der Waals surface area (Å²) in [6, 6.07) is 12.4. The zero-order valence-electron chi connectivity index (χ0n) is 17.0. The van der Waals surface area contributed by atoms with Gasteiger partial charge in [-0.1, -0.05) is 0 Å². The minimum atomic E-state index is -0.490. The van der Waals surface area contributed by atoms with Gasteiger partial charge >= 0.3 is 0 Å². The summed E-state index contributed by atoms with van der Waals surface area (Å²) >= 11 is 0. The van der Waals surface area contributed by atoms with Crippen LogP contribution in [0.1, 0.15) is 15.9 Å². The van der Waals surface area contributed by atoms with Gasteiger partial charge in [0.2, 0.25) is 5.95 Å². The van der Waals surface area contributed by atoms with E-state index in [-0.39, 0.29) is 24.1 Å². The number of anilines is 2. The average Bonchev–Trinajstić information content (AvgIpc) is 3.16. The molecule has 0 bridgehead atoms. The van der Waals surface area contributed by atoms with Gasteiger partial charge in [-0.2, -0.15) is 4.98 Å². The number of halogens is 2. The number of fused-ring (bicyclic) bond motifs is 1. The second-order valence-electron chi connectivity index (χ2n) is 7.68. The van der Waals surface area contributed by atoms with Crippen molar-refractivity contribution in [2.75, 3.05) is 18.4 Å². The third-order valence-electron chi connectivity index (χ3n) is 5.37. The quantitative estimate of drug-likeness (QED) is 0.434. The molecule has 4 aromatic rings. The first-order valence-corrected chi connectivity index (χ1v) is 10.2. The molecule has 9 heteroatoms. The molecule has 0 aliphatic carbocycles. The minimum absolute atomic E-state index is 0.108. The molecule has 0 atom stereocenters. The van der Waals surface area contributed by atoms with E-state index in [1.165, 1.54) is 6.07 Å². The van der Waals surface area contributed by atoms with Crippen LogP contribution in [0.3, 0.4) is 0 Å². The molecule has 0 radical (unpaired) electrons. The molecule has 1 saturated heterocycles. The normalized spacial score (nSPS) is 13.7. The molecule has 1 aliphatic heterocycles. The first-order chi connectivity index (χ1) is 15.5. The summed E-state index contributed by atoms with van der Waals surface area (Å²) in [5, 5.41) is 9.96. The van der Waals surface area contributed by atoms with Crippen molar-refractivity contribution >= 4 is 28.6 Å². The highest BCUT2D eigenvalue weighted by Crippen LogP contribution is 2.20. The van der Waals surface area contributed by atoms with Crippen molar-refractivity contribution in [3.05, 3.63) is 83.7 Å². The molecule has 162 valence electrons. The van der Waals surface area contributed by atoms with Crippen LogP contribution in [0.4, 0.5) is 20.4 Å². The molecule has 1 aliphatic rings. The van der Waals surface area contributed by atoms with E-state index in [1.807, 2.05) is 6.07 Å². The van der Waals surface area contributed by atoms with E-state index in [1.54, 1.807) is 41.2 Å². The molecule has 0 spiro atoms. The van der Waals surface area contributed by atoms with Crippen LogP contribution in [-0.2, 0) is 6.54 Å². The monoisotopic (exact) mass is 434 g/mol. The molecule has 0 saturated carbocycles. The Morgan fingerprint density at radius 2 is 1.94 bits per heavy atom. The number of hydrogen-bond acceptors (Lipinski definition) is 5. The second-order valence-corrected chi connectivity index (χ2v) is 7.68. The second kappa shape index (κ2) is 8.35. The highest BCUT2D eigenvalue weighted by Gasteiger charge is 2.19. The molecule has 32 heavy (non-hydrogen) atoms. The average molecular weight is 434 g/mol. The van der Waals surface area contributed by atoms with Gasteiger partial charge in [-0.15, -0.1) is 0 Å². The molecular weight excluding hydrogens is 414 g/mol. The molecule has 2 aromatic heterocycles. The van der Waals surface area contributed by atoms with Crippen LogP contribution in [0.15, 0.2) is 60.9 Å². The van der Waals surface area contributed by atoms with Gasteiger partial charge in [-0.25, -0.2) is 13.8 Å². The van der Waals surface area contributed by atoms with E-state index < -0.39 is 11.6 Å². The zero-order valence-corrected chi connectivity index (χ0v) is 17.0. The van der Waals surface area contributed by atoms with Crippen LogP contribution in [0.2, 0.25) is 0 Å². The van der Waals surface area contributed by atoms with Crippen molar-refractivity contribution in [1.82, 2.24) is 25.2 Å². The summed E-state index contributed by atoms with van der Waals surface area (Å²) in [5.74, 6) is -0.715. The van der Waals surface area contributed by atoms with Gasteiger partial charge in [-0.05, 0) is 48.5 Å². The van der Waals surface area contributed by atoms with E-state index in [4.69, 9.17) is 0 Å². The Balaban J connectivity index is 1.33. The highest BCUT2D eigenvalue weighted by molar-refractivity contribution is 5.94. The molecule has 3 heterocycles. The third-order valence-corrected chi connectivity index (χ3v) is 5.37. The maximum absolute atomic E-state index is 14.1. The number of benzene rings is 2. The van der Waals surface area contributed by atoms with Crippen molar-refractivity contribution in [2.45, 2.75) is 12.6 Å². The van der Waals surface area contributed by atoms with Crippen LogP contribution in [0.25, 0.3) is 11.0 Å². The van der Waals surface area contributed by atoms with Gasteiger partial charge in [0.25, 0.3) is 5.91 Å². The lowest BCUT2D eigenvalue weighted by Crippen LogP contribution is -2.56. The van der Waals surface area contributed by atoms with Gasteiger partial charge in [0, 0.05) is 47.7 Å². The summed E-state index contributed by atoms with van der Waals surface area (Å²) < 4.78 is 29.3. The number of carbonyl (C=O) groups excluding carboxylic acids is 1. The zero-order chi connectivity index (χ0) is 22.1. The minimum Gasteiger partial charge on any atom is -0.347 e. The van der Waals surface area contributed by atoms with E-state index >= 15 is 0 Å². The third kappa shape index (κ3) is 4.15. The lowest BCUT2D eigenvalue weighted by molar-refractivity contribution is 0.0924. The molecule has 1 fully saturated rings. The number of nitrogens with one attached hydrogen (secondary N) is 3. The summed E-state index contributed by atoms with van der Waals surface area (Å²) in [6.07, 6.45) is 3.43.